The van der Waals surface area contributed by atoms with Crippen LogP contribution < -0.4 is 15.2 Å². The van der Waals surface area contributed by atoms with Crippen LogP contribution in [0.2, 0.25) is 0 Å². The molecule has 2 rings (SSSR count). The van der Waals surface area contributed by atoms with Gasteiger partial charge in [0, 0.05) is 11.6 Å². The van der Waals surface area contributed by atoms with Gasteiger partial charge in [0.2, 0.25) is 5.88 Å². The number of hydrogen-bond acceptors (Lipinski definition) is 5. The predicted molar refractivity (Wildman–Crippen MR) is 58.8 cm³/mol. The lowest BCUT2D eigenvalue weighted by atomic mass is 9.91. The Balaban J connectivity index is 2.57. The SMILES string of the molecule is COc1ccc2c(c1)OC(N)=C(C#N)C2C#N. The maximum atomic E-state index is 9.11. The van der Waals surface area contributed by atoms with Crippen molar-refractivity contribution in [2.45, 2.75) is 5.92 Å². The first kappa shape index (κ1) is 10.8. The van der Waals surface area contributed by atoms with Crippen molar-refractivity contribution >= 4 is 0 Å². The molecule has 0 saturated carbocycles. The normalized spacial score (nSPS) is 17.5. The maximum absolute atomic E-state index is 9.11. The van der Waals surface area contributed by atoms with Gasteiger partial charge in [0.25, 0.3) is 0 Å². The van der Waals surface area contributed by atoms with Gasteiger partial charge in [-0.25, -0.2) is 0 Å². The number of nitrogens with zero attached hydrogens (tertiary/aromatic N) is 2. The molecule has 0 amide bonds. The molecule has 0 spiro atoms. The minimum absolute atomic E-state index is 0.0280. The van der Waals surface area contributed by atoms with E-state index in [9.17, 15) is 0 Å². The second-order valence-corrected chi connectivity index (χ2v) is 3.46. The largest absolute Gasteiger partial charge is 0.497 e. The van der Waals surface area contributed by atoms with Crippen molar-refractivity contribution in [2.24, 2.45) is 5.73 Å². The van der Waals surface area contributed by atoms with Crippen LogP contribution in [0.25, 0.3) is 0 Å². The first-order valence-corrected chi connectivity index (χ1v) is 4.86. The van der Waals surface area contributed by atoms with E-state index >= 15 is 0 Å². The molecule has 1 aliphatic rings. The van der Waals surface area contributed by atoms with Gasteiger partial charge in [-0.05, 0) is 12.1 Å². The van der Waals surface area contributed by atoms with E-state index in [4.69, 9.17) is 25.7 Å². The van der Waals surface area contributed by atoms with Gasteiger partial charge in [0.1, 0.15) is 29.1 Å². The Bertz CT molecular complexity index is 578. The van der Waals surface area contributed by atoms with Crippen molar-refractivity contribution in [3.05, 3.63) is 35.2 Å². The highest BCUT2D eigenvalue weighted by Gasteiger charge is 2.29. The van der Waals surface area contributed by atoms with Gasteiger partial charge in [0.05, 0.1) is 13.2 Å². The summed E-state index contributed by atoms with van der Waals surface area (Å²) in [5.41, 5.74) is 6.37. The van der Waals surface area contributed by atoms with E-state index in [2.05, 4.69) is 0 Å². The third-order valence-electron chi connectivity index (χ3n) is 2.56. The molecule has 84 valence electrons. The minimum Gasteiger partial charge on any atom is -0.497 e. The number of rotatable bonds is 1. The lowest BCUT2D eigenvalue weighted by Crippen LogP contribution is -2.19. The fourth-order valence-corrected chi connectivity index (χ4v) is 1.69. The van der Waals surface area contributed by atoms with Crippen molar-refractivity contribution in [1.82, 2.24) is 0 Å². The standard InChI is InChI=1S/C12H9N3O2/c1-16-7-2-3-8-9(5-13)10(6-14)12(15)17-11(8)4-7/h2-4,9H,15H2,1H3. The number of benzene rings is 1. The molecule has 0 saturated heterocycles. The summed E-state index contributed by atoms with van der Waals surface area (Å²) in [7, 11) is 1.53. The monoisotopic (exact) mass is 227 g/mol. The maximum Gasteiger partial charge on any atom is 0.206 e. The van der Waals surface area contributed by atoms with Gasteiger partial charge >= 0.3 is 0 Å². The first-order valence-electron chi connectivity index (χ1n) is 4.86. The highest BCUT2D eigenvalue weighted by molar-refractivity contribution is 5.55. The number of nitrogens with two attached hydrogens (primary N) is 1. The average Bonchev–Trinajstić information content (AvgIpc) is 2.36. The summed E-state index contributed by atoms with van der Waals surface area (Å²) in [6.45, 7) is 0. The van der Waals surface area contributed by atoms with E-state index < -0.39 is 5.92 Å². The van der Waals surface area contributed by atoms with Crippen LogP contribution in [-0.4, -0.2) is 7.11 Å². The van der Waals surface area contributed by atoms with Crippen molar-refractivity contribution in [3.8, 4) is 23.6 Å². The zero-order valence-corrected chi connectivity index (χ0v) is 9.10. The van der Waals surface area contributed by atoms with Crippen LogP contribution in [0.4, 0.5) is 0 Å². The average molecular weight is 227 g/mol. The number of ether oxygens (including phenoxy) is 2. The van der Waals surface area contributed by atoms with Crippen LogP contribution in [0.3, 0.4) is 0 Å². The molecule has 2 N–H and O–H groups in total. The van der Waals surface area contributed by atoms with Gasteiger partial charge in [-0.1, -0.05) is 0 Å². The van der Waals surface area contributed by atoms with Crippen molar-refractivity contribution in [3.63, 3.8) is 0 Å². The van der Waals surface area contributed by atoms with Crippen molar-refractivity contribution in [2.75, 3.05) is 7.11 Å². The minimum atomic E-state index is -0.686. The van der Waals surface area contributed by atoms with Gasteiger partial charge in [-0.2, -0.15) is 10.5 Å². The zero-order valence-electron chi connectivity index (χ0n) is 9.10. The van der Waals surface area contributed by atoms with E-state index in [0.29, 0.717) is 17.1 Å². The summed E-state index contributed by atoms with van der Waals surface area (Å²) < 4.78 is 10.4. The van der Waals surface area contributed by atoms with Crippen molar-refractivity contribution in [1.29, 1.82) is 10.5 Å². The Morgan fingerprint density at radius 2 is 2.18 bits per heavy atom. The van der Waals surface area contributed by atoms with Crippen LogP contribution >= 0.6 is 0 Å². The number of methoxy groups -OCH3 is 1. The third kappa shape index (κ3) is 1.64. The number of nitriles is 2. The fraction of sp³-hybridized carbons (Fsp3) is 0.167. The van der Waals surface area contributed by atoms with Crippen LogP contribution in [0.5, 0.6) is 11.5 Å². The molecule has 17 heavy (non-hydrogen) atoms. The molecule has 5 heteroatoms. The Kier molecular flexibility index (Phi) is 2.60. The first-order chi connectivity index (χ1) is 8.21. The Hall–Kier alpha value is -2.66. The molecule has 0 aromatic heterocycles. The van der Waals surface area contributed by atoms with Gasteiger partial charge in [0.15, 0.2) is 0 Å². The number of hydrogen-bond donors (Lipinski definition) is 1. The molecule has 0 bridgehead atoms. The molecule has 1 heterocycles. The summed E-state index contributed by atoms with van der Waals surface area (Å²) in [6.07, 6.45) is 0. The van der Waals surface area contributed by atoms with Gasteiger partial charge < -0.3 is 15.2 Å². The molecule has 0 fully saturated rings. The molecule has 0 aliphatic carbocycles. The second kappa shape index (κ2) is 4.07. The summed E-state index contributed by atoms with van der Waals surface area (Å²) in [6, 6.07) is 9.00. The molecule has 1 atom stereocenters. The molecule has 1 unspecified atom stereocenters. The summed E-state index contributed by atoms with van der Waals surface area (Å²) in [5.74, 6) is 0.343. The summed E-state index contributed by atoms with van der Waals surface area (Å²) in [4.78, 5) is 0. The summed E-state index contributed by atoms with van der Waals surface area (Å²) >= 11 is 0. The molecule has 5 nitrogen and oxygen atoms in total. The van der Waals surface area contributed by atoms with Crippen LogP contribution in [0, 0.1) is 22.7 Å². The van der Waals surface area contributed by atoms with E-state index in [-0.39, 0.29) is 11.5 Å². The Morgan fingerprint density at radius 3 is 2.76 bits per heavy atom. The molecular weight excluding hydrogens is 218 g/mol. The predicted octanol–water partition coefficient (Wildman–Crippen LogP) is 1.39. The Labute approximate surface area is 98.3 Å². The molecule has 0 radical (unpaired) electrons. The van der Waals surface area contributed by atoms with Gasteiger partial charge in [-0.15, -0.1) is 0 Å². The third-order valence-corrected chi connectivity index (χ3v) is 2.56. The highest BCUT2D eigenvalue weighted by Crippen LogP contribution is 2.39. The molecular formula is C12H9N3O2. The van der Waals surface area contributed by atoms with Crippen molar-refractivity contribution < 1.29 is 9.47 Å². The van der Waals surface area contributed by atoms with E-state index in [0.717, 1.165) is 0 Å². The Morgan fingerprint density at radius 1 is 1.41 bits per heavy atom. The lowest BCUT2D eigenvalue weighted by molar-refractivity contribution is 0.382. The van der Waals surface area contributed by atoms with Crippen LogP contribution in [0.1, 0.15) is 11.5 Å². The number of allylic oxidation sites excluding steroid dienone is 1. The fourth-order valence-electron chi connectivity index (χ4n) is 1.69. The summed E-state index contributed by atoms with van der Waals surface area (Å²) in [5, 5.41) is 18.1. The lowest BCUT2D eigenvalue weighted by Gasteiger charge is -2.21. The van der Waals surface area contributed by atoms with Crippen LogP contribution in [0.15, 0.2) is 29.7 Å². The second-order valence-electron chi connectivity index (χ2n) is 3.46. The van der Waals surface area contributed by atoms with E-state index in [1.165, 1.54) is 7.11 Å². The highest BCUT2D eigenvalue weighted by atomic mass is 16.5. The number of fused-ring (bicyclic) bond motifs is 1. The molecule has 1 aromatic carbocycles. The van der Waals surface area contributed by atoms with Crippen LogP contribution in [-0.2, 0) is 0 Å². The molecule has 1 aliphatic heterocycles. The zero-order chi connectivity index (χ0) is 12.4. The topological polar surface area (TPSA) is 92.1 Å². The van der Waals surface area contributed by atoms with E-state index in [1.54, 1.807) is 18.2 Å². The van der Waals surface area contributed by atoms with E-state index in [1.807, 2.05) is 12.1 Å². The van der Waals surface area contributed by atoms with Gasteiger partial charge in [-0.3, -0.25) is 0 Å². The molecule has 1 aromatic rings. The smallest absolute Gasteiger partial charge is 0.206 e. The quantitative estimate of drug-likeness (QED) is 0.782.